The standard InChI is InChI=1S/C19H32F2N4O2/c1-4-12-25(6-3)13-11-23-19(22-5-2)24-14-17(26)15-7-9-16(10-8-15)27-18(20)21/h7-10,17-18,26H,4-6,11-14H2,1-3H3,(H2,22,23,24). The molecule has 1 aromatic carbocycles. The SMILES string of the molecule is CCCN(CC)CCNC(=NCC(O)c1ccc(OC(F)F)cc1)NCC. The molecule has 0 aliphatic heterocycles. The molecule has 0 saturated heterocycles. The number of aliphatic hydroxyl groups is 1. The van der Waals surface area contributed by atoms with Gasteiger partial charge >= 0.3 is 6.61 Å². The Morgan fingerprint density at radius 1 is 1.15 bits per heavy atom. The smallest absolute Gasteiger partial charge is 0.387 e. The Bertz CT molecular complexity index is 541. The predicted octanol–water partition coefficient (Wildman–Crippen LogP) is 2.61. The average Bonchev–Trinajstić information content (AvgIpc) is 2.65. The summed E-state index contributed by atoms with van der Waals surface area (Å²) in [6.45, 7) is 8.05. The van der Waals surface area contributed by atoms with Gasteiger partial charge in [-0.2, -0.15) is 8.78 Å². The van der Waals surface area contributed by atoms with Crippen molar-refractivity contribution < 1.29 is 18.6 Å². The second kappa shape index (κ2) is 13.3. The highest BCUT2D eigenvalue weighted by Crippen LogP contribution is 2.19. The summed E-state index contributed by atoms with van der Waals surface area (Å²) in [6.07, 6.45) is 0.295. The topological polar surface area (TPSA) is 69.1 Å². The first-order valence-electron chi connectivity index (χ1n) is 9.47. The summed E-state index contributed by atoms with van der Waals surface area (Å²) < 4.78 is 28.6. The van der Waals surface area contributed by atoms with Gasteiger partial charge in [0.2, 0.25) is 0 Å². The lowest BCUT2D eigenvalue weighted by Crippen LogP contribution is -2.42. The number of rotatable bonds is 12. The Kier molecular flexibility index (Phi) is 11.4. The molecule has 0 spiro atoms. The maximum absolute atomic E-state index is 12.2. The molecule has 3 N–H and O–H groups in total. The number of halogens is 2. The zero-order valence-electron chi connectivity index (χ0n) is 16.4. The minimum Gasteiger partial charge on any atom is -0.435 e. The first-order chi connectivity index (χ1) is 13.0. The highest BCUT2D eigenvalue weighted by atomic mass is 19.3. The molecule has 0 aromatic heterocycles. The fraction of sp³-hybridized carbons (Fsp3) is 0.632. The lowest BCUT2D eigenvalue weighted by molar-refractivity contribution is -0.0498. The lowest BCUT2D eigenvalue weighted by Gasteiger charge is -2.20. The zero-order valence-corrected chi connectivity index (χ0v) is 16.4. The van der Waals surface area contributed by atoms with Gasteiger partial charge in [0, 0.05) is 19.6 Å². The van der Waals surface area contributed by atoms with Crippen LogP contribution in [0.2, 0.25) is 0 Å². The third-order valence-corrected chi connectivity index (χ3v) is 3.96. The number of aliphatic imine (C=N–C) groups is 1. The molecule has 0 amide bonds. The molecule has 0 saturated carbocycles. The van der Waals surface area contributed by atoms with Gasteiger partial charge in [-0.15, -0.1) is 0 Å². The fourth-order valence-corrected chi connectivity index (χ4v) is 2.57. The van der Waals surface area contributed by atoms with Gasteiger partial charge in [0.05, 0.1) is 12.6 Å². The molecule has 8 heteroatoms. The van der Waals surface area contributed by atoms with Crippen LogP contribution < -0.4 is 15.4 Å². The molecule has 154 valence electrons. The van der Waals surface area contributed by atoms with Crippen LogP contribution in [0.5, 0.6) is 5.75 Å². The molecule has 0 heterocycles. The first kappa shape index (κ1) is 23.1. The molecule has 1 rings (SSSR count). The summed E-state index contributed by atoms with van der Waals surface area (Å²) in [6, 6.07) is 5.93. The summed E-state index contributed by atoms with van der Waals surface area (Å²) in [5.74, 6) is 0.703. The molecule has 6 nitrogen and oxygen atoms in total. The molecule has 27 heavy (non-hydrogen) atoms. The zero-order chi connectivity index (χ0) is 20.1. The maximum atomic E-state index is 12.2. The highest BCUT2D eigenvalue weighted by molar-refractivity contribution is 5.79. The summed E-state index contributed by atoms with van der Waals surface area (Å²) in [5, 5.41) is 16.7. The van der Waals surface area contributed by atoms with E-state index in [-0.39, 0.29) is 12.3 Å². The van der Waals surface area contributed by atoms with E-state index in [0.717, 1.165) is 32.6 Å². The third kappa shape index (κ3) is 9.53. The average molecular weight is 386 g/mol. The van der Waals surface area contributed by atoms with Crippen molar-refractivity contribution >= 4 is 5.96 Å². The molecule has 0 fully saturated rings. The molecule has 1 atom stereocenters. The van der Waals surface area contributed by atoms with Crippen LogP contribution in [0.4, 0.5) is 8.78 Å². The second-order valence-corrected chi connectivity index (χ2v) is 6.04. The fourth-order valence-electron chi connectivity index (χ4n) is 2.57. The lowest BCUT2D eigenvalue weighted by atomic mass is 10.1. The van der Waals surface area contributed by atoms with Gasteiger partial charge in [0.1, 0.15) is 5.75 Å². The van der Waals surface area contributed by atoms with Crippen molar-refractivity contribution in [3.05, 3.63) is 29.8 Å². The number of likely N-dealkylation sites (N-methyl/N-ethyl adjacent to an activating group) is 1. The van der Waals surface area contributed by atoms with Gasteiger partial charge in [-0.3, -0.25) is 4.99 Å². The number of alkyl halides is 2. The Balaban J connectivity index is 2.55. The van der Waals surface area contributed by atoms with Crippen molar-refractivity contribution in [3.63, 3.8) is 0 Å². The minimum absolute atomic E-state index is 0.0621. The molecule has 1 aromatic rings. The van der Waals surface area contributed by atoms with E-state index >= 15 is 0 Å². The summed E-state index contributed by atoms with van der Waals surface area (Å²) >= 11 is 0. The van der Waals surface area contributed by atoms with E-state index in [9.17, 15) is 13.9 Å². The van der Waals surface area contributed by atoms with Gasteiger partial charge in [0.15, 0.2) is 5.96 Å². The van der Waals surface area contributed by atoms with Crippen molar-refractivity contribution in [1.82, 2.24) is 15.5 Å². The van der Waals surface area contributed by atoms with Crippen LogP contribution in [-0.4, -0.2) is 61.8 Å². The summed E-state index contributed by atoms with van der Waals surface area (Å²) in [5.41, 5.74) is 0.594. The van der Waals surface area contributed by atoms with Crippen LogP contribution in [0.1, 0.15) is 38.9 Å². The van der Waals surface area contributed by atoms with Gasteiger partial charge in [-0.1, -0.05) is 26.0 Å². The molecule has 1 unspecified atom stereocenters. The summed E-state index contributed by atoms with van der Waals surface area (Å²) in [4.78, 5) is 6.76. The third-order valence-electron chi connectivity index (χ3n) is 3.96. The number of guanidine groups is 1. The number of benzene rings is 1. The molecular formula is C19H32F2N4O2. The van der Waals surface area contributed by atoms with E-state index in [0.29, 0.717) is 18.1 Å². The van der Waals surface area contributed by atoms with Gasteiger partial charge in [0.25, 0.3) is 0 Å². The second-order valence-electron chi connectivity index (χ2n) is 6.04. The van der Waals surface area contributed by atoms with Gasteiger partial charge in [-0.25, -0.2) is 0 Å². The van der Waals surface area contributed by atoms with Gasteiger partial charge in [-0.05, 0) is 44.1 Å². The summed E-state index contributed by atoms with van der Waals surface area (Å²) in [7, 11) is 0. The van der Waals surface area contributed by atoms with Crippen molar-refractivity contribution in [2.45, 2.75) is 39.9 Å². The van der Waals surface area contributed by atoms with Crippen molar-refractivity contribution in [2.24, 2.45) is 4.99 Å². The highest BCUT2D eigenvalue weighted by Gasteiger charge is 2.10. The quantitative estimate of drug-likeness (QED) is 0.381. The van der Waals surface area contributed by atoms with Crippen molar-refractivity contribution in [3.8, 4) is 5.75 Å². The van der Waals surface area contributed by atoms with Crippen LogP contribution in [0.15, 0.2) is 29.3 Å². The Morgan fingerprint density at radius 2 is 1.85 bits per heavy atom. The first-order valence-corrected chi connectivity index (χ1v) is 9.47. The largest absolute Gasteiger partial charge is 0.435 e. The number of hydrogen-bond donors (Lipinski definition) is 3. The normalized spacial score (nSPS) is 13.1. The van der Waals surface area contributed by atoms with Crippen LogP contribution in [0, 0.1) is 0 Å². The molecule has 0 bridgehead atoms. The Labute approximate surface area is 160 Å². The maximum Gasteiger partial charge on any atom is 0.387 e. The van der Waals surface area contributed by atoms with Crippen LogP contribution in [0.3, 0.4) is 0 Å². The van der Waals surface area contributed by atoms with E-state index in [1.807, 2.05) is 6.92 Å². The van der Waals surface area contributed by atoms with E-state index in [1.54, 1.807) is 12.1 Å². The molecule has 0 radical (unpaired) electrons. The van der Waals surface area contributed by atoms with Gasteiger partial charge < -0.3 is 25.4 Å². The van der Waals surface area contributed by atoms with E-state index < -0.39 is 12.7 Å². The van der Waals surface area contributed by atoms with Crippen LogP contribution in [0.25, 0.3) is 0 Å². The molecule has 0 aliphatic carbocycles. The van der Waals surface area contributed by atoms with Crippen LogP contribution >= 0.6 is 0 Å². The molecular weight excluding hydrogens is 354 g/mol. The van der Waals surface area contributed by atoms with E-state index in [2.05, 4.69) is 39.1 Å². The van der Waals surface area contributed by atoms with Crippen molar-refractivity contribution in [2.75, 3.05) is 39.3 Å². The number of nitrogens with zero attached hydrogens (tertiary/aromatic N) is 2. The number of ether oxygens (including phenoxy) is 1. The monoisotopic (exact) mass is 386 g/mol. The Hall–Kier alpha value is -1.93. The van der Waals surface area contributed by atoms with Crippen molar-refractivity contribution in [1.29, 1.82) is 0 Å². The predicted molar refractivity (Wildman–Crippen MR) is 104 cm³/mol. The Morgan fingerprint density at radius 3 is 2.41 bits per heavy atom. The van der Waals surface area contributed by atoms with E-state index in [1.165, 1.54) is 12.1 Å². The van der Waals surface area contributed by atoms with E-state index in [4.69, 9.17) is 0 Å². The minimum atomic E-state index is -2.86. The number of hydrogen-bond acceptors (Lipinski definition) is 4. The molecule has 0 aliphatic rings. The number of nitrogens with one attached hydrogen (secondary N) is 2. The van der Waals surface area contributed by atoms with Crippen LogP contribution in [-0.2, 0) is 0 Å². The number of aliphatic hydroxyl groups excluding tert-OH is 1.